The van der Waals surface area contributed by atoms with Gasteiger partial charge >= 0.3 is 5.69 Å². The minimum Gasteiger partial charge on any atom is -0.358 e. The smallest absolute Gasteiger partial charge is 0.333 e. The van der Waals surface area contributed by atoms with Gasteiger partial charge in [-0.1, -0.05) is 49.4 Å². The number of hydrogen-bond donors (Lipinski definition) is 3. The van der Waals surface area contributed by atoms with Crippen molar-refractivity contribution in [2.45, 2.75) is 52.0 Å². The molecule has 1 aliphatic carbocycles. The van der Waals surface area contributed by atoms with E-state index >= 15 is 0 Å². The minimum atomic E-state index is -0.472. The Hall–Kier alpha value is -4.70. The van der Waals surface area contributed by atoms with E-state index in [0.717, 1.165) is 47.3 Å². The Morgan fingerprint density at radius 2 is 1.66 bits per heavy atom. The minimum absolute atomic E-state index is 0.0948. The average molecular weight is 597 g/mol. The van der Waals surface area contributed by atoms with Crippen molar-refractivity contribution in [2.24, 2.45) is 5.92 Å². The van der Waals surface area contributed by atoms with Crippen LogP contribution in [0.1, 0.15) is 46.8 Å². The molecule has 1 aliphatic heterocycles. The number of nitrogens with one attached hydrogen (secondary N) is 3. The highest BCUT2D eigenvalue weighted by molar-refractivity contribution is 6.05. The van der Waals surface area contributed by atoms with Crippen molar-refractivity contribution in [3.8, 4) is 0 Å². The number of benzene rings is 3. The van der Waals surface area contributed by atoms with Gasteiger partial charge in [-0.2, -0.15) is 0 Å². The molecule has 4 aromatic rings. The largest absolute Gasteiger partial charge is 0.358 e. The number of carbonyl (C=O) groups is 1. The first kappa shape index (κ1) is 29.4. The van der Waals surface area contributed by atoms with Gasteiger partial charge in [-0.15, -0.1) is 0 Å². The molecule has 6 rings (SSSR count). The maximum Gasteiger partial charge on any atom is 0.333 e. The standard InChI is InChI=1S/C34H37FN6O3/c1-3-36-19-23-10-14-25(15-11-23)32(42)39(2)27-16-12-22(13-17-27)18-29-37-30-31(38-29)40(20-24-8-9-24)34(44)41(33(30)43)21-26-6-4-5-7-28(26)35/h4-7,10-17,24,29,36-38H,3,8-9,18-21H2,1-2H3. The van der Waals surface area contributed by atoms with Crippen molar-refractivity contribution in [3.63, 3.8) is 0 Å². The lowest BCUT2D eigenvalue weighted by molar-refractivity contribution is 0.0993. The third-order valence-corrected chi connectivity index (χ3v) is 8.33. The van der Waals surface area contributed by atoms with Gasteiger partial charge in [0.15, 0.2) is 0 Å². The Bertz CT molecular complexity index is 1780. The van der Waals surface area contributed by atoms with Gasteiger partial charge in [0.25, 0.3) is 11.5 Å². The molecule has 0 radical (unpaired) electrons. The molecule has 1 saturated carbocycles. The molecule has 2 aliphatic rings. The summed E-state index contributed by atoms with van der Waals surface area (Å²) in [7, 11) is 1.76. The van der Waals surface area contributed by atoms with Crippen LogP contribution in [0.4, 0.5) is 21.6 Å². The quantitative estimate of drug-likeness (QED) is 0.237. The van der Waals surface area contributed by atoms with E-state index < -0.39 is 17.1 Å². The highest BCUT2D eigenvalue weighted by atomic mass is 19.1. The summed E-state index contributed by atoms with van der Waals surface area (Å²) in [6.07, 6.45) is 2.29. The SMILES string of the molecule is CCNCc1ccc(C(=O)N(C)c2ccc(CC3Nc4c(n(CC5CC5)c(=O)n(Cc5ccccc5F)c4=O)N3)cc2)cc1. The summed E-state index contributed by atoms with van der Waals surface area (Å²) in [5, 5.41) is 9.92. The molecule has 2 heterocycles. The van der Waals surface area contributed by atoms with Crippen LogP contribution >= 0.6 is 0 Å². The van der Waals surface area contributed by atoms with Gasteiger partial charge in [0.2, 0.25) is 0 Å². The van der Waals surface area contributed by atoms with Crippen molar-refractivity contribution in [2.75, 3.05) is 29.1 Å². The average Bonchev–Trinajstić information content (AvgIpc) is 3.77. The van der Waals surface area contributed by atoms with Gasteiger partial charge in [0.1, 0.15) is 23.5 Å². The van der Waals surface area contributed by atoms with Crippen LogP contribution in [0, 0.1) is 11.7 Å². The Labute approximate surface area is 255 Å². The molecule has 228 valence electrons. The first-order valence-corrected chi connectivity index (χ1v) is 15.1. The molecule has 0 saturated heterocycles. The summed E-state index contributed by atoms with van der Waals surface area (Å²) in [5.74, 6) is 0.328. The molecule has 1 atom stereocenters. The van der Waals surface area contributed by atoms with Gasteiger partial charge in [0, 0.05) is 43.4 Å². The zero-order valence-electron chi connectivity index (χ0n) is 25.0. The van der Waals surface area contributed by atoms with E-state index in [1.54, 1.807) is 34.7 Å². The predicted octanol–water partition coefficient (Wildman–Crippen LogP) is 4.40. The van der Waals surface area contributed by atoms with Gasteiger partial charge in [-0.05, 0) is 66.8 Å². The molecule has 1 fully saturated rings. The van der Waals surface area contributed by atoms with Crippen LogP contribution in [0.3, 0.4) is 0 Å². The van der Waals surface area contributed by atoms with E-state index in [9.17, 15) is 18.8 Å². The second kappa shape index (κ2) is 12.5. The second-order valence-corrected chi connectivity index (χ2v) is 11.6. The Morgan fingerprint density at radius 3 is 2.34 bits per heavy atom. The van der Waals surface area contributed by atoms with E-state index in [-0.39, 0.29) is 24.2 Å². The molecule has 1 aromatic heterocycles. The number of nitrogens with zero attached hydrogens (tertiary/aromatic N) is 3. The molecule has 0 spiro atoms. The molecule has 3 aromatic carbocycles. The lowest BCUT2D eigenvalue weighted by Gasteiger charge is -2.19. The first-order valence-electron chi connectivity index (χ1n) is 15.1. The van der Waals surface area contributed by atoms with Crippen LogP contribution in [0.5, 0.6) is 0 Å². The molecular formula is C34H37FN6O3. The third kappa shape index (κ3) is 6.16. The zero-order valence-corrected chi connectivity index (χ0v) is 25.0. The third-order valence-electron chi connectivity index (χ3n) is 8.33. The lowest BCUT2D eigenvalue weighted by Crippen LogP contribution is -2.41. The maximum absolute atomic E-state index is 14.4. The highest BCUT2D eigenvalue weighted by Gasteiger charge is 2.32. The normalized spacial score (nSPS) is 15.4. The molecule has 0 bridgehead atoms. The summed E-state index contributed by atoms with van der Waals surface area (Å²) in [5.41, 5.74) is 3.20. The van der Waals surface area contributed by atoms with E-state index in [4.69, 9.17) is 0 Å². The summed E-state index contributed by atoms with van der Waals surface area (Å²) in [6, 6.07) is 21.5. The Kier molecular flexibility index (Phi) is 8.34. The molecule has 44 heavy (non-hydrogen) atoms. The molecule has 1 amide bonds. The molecular weight excluding hydrogens is 559 g/mol. The fourth-order valence-corrected chi connectivity index (χ4v) is 5.56. The number of anilines is 3. The van der Waals surface area contributed by atoms with Crippen LogP contribution in [-0.4, -0.2) is 34.8 Å². The van der Waals surface area contributed by atoms with Gasteiger partial charge in [-0.25, -0.2) is 9.18 Å². The van der Waals surface area contributed by atoms with Crippen molar-refractivity contribution >= 4 is 23.1 Å². The van der Waals surface area contributed by atoms with Crippen LogP contribution in [0.15, 0.2) is 82.4 Å². The Balaban J connectivity index is 1.17. The van der Waals surface area contributed by atoms with Crippen LogP contribution in [-0.2, 0) is 26.1 Å². The molecule has 9 nitrogen and oxygen atoms in total. The van der Waals surface area contributed by atoms with Crippen LogP contribution in [0.25, 0.3) is 0 Å². The van der Waals surface area contributed by atoms with Gasteiger partial charge in [0.05, 0.1) is 6.54 Å². The van der Waals surface area contributed by atoms with Gasteiger partial charge in [-0.3, -0.25) is 18.7 Å². The van der Waals surface area contributed by atoms with Crippen molar-refractivity contribution in [3.05, 3.63) is 122 Å². The fraction of sp³-hybridized carbons (Fsp3) is 0.324. The van der Waals surface area contributed by atoms with Crippen molar-refractivity contribution in [1.82, 2.24) is 14.5 Å². The van der Waals surface area contributed by atoms with E-state index in [1.807, 2.05) is 48.5 Å². The number of rotatable bonds is 11. The predicted molar refractivity (Wildman–Crippen MR) is 171 cm³/mol. The molecule has 3 N–H and O–H groups in total. The summed E-state index contributed by atoms with van der Waals surface area (Å²) < 4.78 is 17.2. The maximum atomic E-state index is 14.4. The molecule has 1 unspecified atom stereocenters. The summed E-state index contributed by atoms with van der Waals surface area (Å²) in [4.78, 5) is 41.7. The summed E-state index contributed by atoms with van der Waals surface area (Å²) in [6.45, 7) is 4.08. The molecule has 10 heteroatoms. The second-order valence-electron chi connectivity index (χ2n) is 11.6. The summed E-state index contributed by atoms with van der Waals surface area (Å²) >= 11 is 0. The topological polar surface area (TPSA) is 100 Å². The fourth-order valence-electron chi connectivity index (χ4n) is 5.56. The zero-order chi connectivity index (χ0) is 30.8. The highest BCUT2D eigenvalue weighted by Crippen LogP contribution is 2.33. The number of amides is 1. The monoisotopic (exact) mass is 596 g/mol. The van der Waals surface area contributed by atoms with Crippen molar-refractivity contribution in [1.29, 1.82) is 0 Å². The van der Waals surface area contributed by atoms with Crippen LogP contribution < -0.4 is 32.1 Å². The number of halogens is 1. The van der Waals surface area contributed by atoms with Crippen LogP contribution in [0.2, 0.25) is 0 Å². The van der Waals surface area contributed by atoms with E-state index in [1.165, 1.54) is 6.07 Å². The van der Waals surface area contributed by atoms with E-state index in [2.05, 4.69) is 22.9 Å². The lowest BCUT2D eigenvalue weighted by atomic mass is 10.1. The van der Waals surface area contributed by atoms with Crippen molar-refractivity contribution < 1.29 is 9.18 Å². The number of fused-ring (bicyclic) bond motifs is 1. The number of aromatic nitrogens is 2. The van der Waals surface area contributed by atoms with Gasteiger partial charge < -0.3 is 20.9 Å². The van der Waals surface area contributed by atoms with E-state index in [0.29, 0.717) is 36.0 Å². The number of carbonyl (C=O) groups excluding carboxylic acids is 1. The number of hydrogen-bond acceptors (Lipinski definition) is 6. The Morgan fingerprint density at radius 1 is 0.955 bits per heavy atom. The first-order chi connectivity index (χ1) is 21.3.